The van der Waals surface area contributed by atoms with Crippen molar-refractivity contribution in [2.24, 2.45) is 16.7 Å². The van der Waals surface area contributed by atoms with Crippen LogP contribution in [-0.2, 0) is 58.8 Å². The molecule has 21 heteroatoms. The lowest BCUT2D eigenvalue weighted by atomic mass is 9.44. The van der Waals surface area contributed by atoms with Crippen LogP contribution in [0.1, 0.15) is 92.3 Å². The molecule has 6 N–H and O–H groups in total. The zero-order valence-electron chi connectivity index (χ0n) is 43.3. The largest absolute Gasteiger partial charge is 0.455 e. The van der Waals surface area contributed by atoms with Gasteiger partial charge in [-0.3, -0.25) is 24.0 Å². The van der Waals surface area contributed by atoms with Gasteiger partial charge in [-0.05, 0) is 73.0 Å². The third-order valence-electron chi connectivity index (χ3n) is 15.6. The van der Waals surface area contributed by atoms with Gasteiger partial charge >= 0.3 is 38.4 Å². The number of hydrogen-bond donors (Lipinski definition) is 6. The van der Waals surface area contributed by atoms with Gasteiger partial charge in [0.05, 0.1) is 36.0 Å². The highest BCUT2D eigenvalue weighted by atomic mass is 31.2. The highest BCUT2D eigenvalue weighted by molar-refractivity contribution is 7.39. The van der Waals surface area contributed by atoms with E-state index in [9.17, 15) is 44.0 Å². The van der Waals surface area contributed by atoms with Gasteiger partial charge in [-0.15, -0.1) is 0 Å². The maximum Gasteiger partial charge on any atom is 0.391 e. The number of carbonyl (C=O) groups excluding carboxylic acids is 7. The number of ketones is 1. The van der Waals surface area contributed by atoms with Crippen molar-refractivity contribution in [1.29, 1.82) is 0 Å². The van der Waals surface area contributed by atoms with E-state index in [4.69, 9.17) is 32.9 Å². The second-order valence-corrected chi connectivity index (χ2v) is 21.1. The Morgan fingerprint density at radius 1 is 0.831 bits per heavy atom. The normalized spacial score (nSPS) is 27.8. The van der Waals surface area contributed by atoms with E-state index in [-0.39, 0.29) is 52.2 Å². The van der Waals surface area contributed by atoms with Gasteiger partial charge in [-0.2, -0.15) is 0 Å². The Morgan fingerprint density at radius 3 is 2.03 bits per heavy atom. The van der Waals surface area contributed by atoms with E-state index in [1.54, 1.807) is 79.8 Å². The van der Waals surface area contributed by atoms with Gasteiger partial charge < -0.3 is 63.6 Å². The van der Waals surface area contributed by atoms with Crippen LogP contribution in [0.2, 0.25) is 0 Å². The van der Waals surface area contributed by atoms with E-state index in [0.29, 0.717) is 5.69 Å². The fourth-order valence-electron chi connectivity index (χ4n) is 11.7. The number of aliphatic hydroxyl groups is 2. The third kappa shape index (κ3) is 10.6. The van der Waals surface area contributed by atoms with Crippen molar-refractivity contribution in [2.45, 2.75) is 115 Å². The highest BCUT2D eigenvalue weighted by Gasteiger charge is 2.78. The minimum Gasteiger partial charge on any atom is -0.455 e. The van der Waals surface area contributed by atoms with Crippen molar-refractivity contribution in [3.8, 4) is 5.75 Å². The second-order valence-electron chi connectivity index (χ2n) is 20.4. The van der Waals surface area contributed by atoms with Crippen molar-refractivity contribution in [3.05, 3.63) is 143 Å². The maximum absolute atomic E-state index is 15.8. The first-order chi connectivity index (χ1) is 36.5. The molecule has 1 saturated heterocycles. The number of Topliss-reactive ketones (excluding diaryl/α,β-unsaturated/α-hetero) is 1. The first-order valence-corrected chi connectivity index (χ1v) is 26.0. The van der Waals surface area contributed by atoms with Crippen molar-refractivity contribution < 1.29 is 86.5 Å². The average Bonchev–Trinajstić information content (AvgIpc) is 3.59. The summed E-state index contributed by atoms with van der Waals surface area (Å²) in [7, 11) is -1.34. The minimum atomic E-state index is -2.95. The van der Waals surface area contributed by atoms with Gasteiger partial charge in [0.1, 0.15) is 35.7 Å². The first kappa shape index (κ1) is 56.2. The molecular formula is C56H61N2O18P. The van der Waals surface area contributed by atoms with Crippen molar-refractivity contribution in [3.63, 3.8) is 0 Å². The lowest BCUT2D eigenvalue weighted by molar-refractivity contribution is -0.346. The summed E-state index contributed by atoms with van der Waals surface area (Å²) in [5.74, 6) is -8.49. The van der Waals surface area contributed by atoms with Gasteiger partial charge in [0, 0.05) is 56.0 Å². The van der Waals surface area contributed by atoms with Gasteiger partial charge in [0.25, 0.3) is 5.91 Å². The molecule has 0 unspecified atom stereocenters. The minimum absolute atomic E-state index is 0.0193. The molecule has 3 aliphatic carbocycles. The fourth-order valence-corrected chi connectivity index (χ4v) is 12.0. The molecule has 1 heterocycles. The third-order valence-corrected chi connectivity index (χ3v) is 15.9. The predicted molar refractivity (Wildman–Crippen MR) is 273 cm³/mol. The molecule has 408 valence electrons. The Hall–Kier alpha value is -7.06. The molecule has 4 aliphatic rings. The molecule has 1 aliphatic heterocycles. The molecule has 3 fully saturated rings. The van der Waals surface area contributed by atoms with Crippen molar-refractivity contribution in [1.82, 2.24) is 5.32 Å². The summed E-state index contributed by atoms with van der Waals surface area (Å²) in [6, 6.07) is 26.7. The summed E-state index contributed by atoms with van der Waals surface area (Å²) < 4.78 is 42.2. The number of hydrogen-bond acceptors (Lipinski definition) is 19. The predicted octanol–water partition coefficient (Wildman–Crippen LogP) is 5.16. The molecule has 0 spiro atoms. The standard InChI is InChI=1S/C56H61N2O18P/c1-30-39(72-52(66)46(73-42(62)26-36-25-37(57-7)23-24-38(36)76-77(68)69)44(33-17-11-8-12-18-33)58-50(64)34-19-13-9-14-20-34)28-56(67)49(74-51(65)35-21-15-10-16-22-35)47-54(6,40(61)27-41-55(47,29-70-41)75-32(3)60)48(63)45(71-31(2)59)43(30)53(56,4)5/h8-25,39-41,44-47,49,57,61,67-69H,26-29H2,1-7H3,(H,58,64)/t39-,40-,41+,44-,45+,46+,47-,49-,54+,55-,56+/m0/s1. The Balaban J connectivity index is 1.30. The molecule has 4 aromatic carbocycles. The SMILES string of the molecule is CNc1ccc(OP(O)O)c(CC(=O)O[C@@H](C(=O)O[C@H]2C[C@@]3(O)[C@@H](OC(=O)c4ccccc4)[C@@H]4[C@]5(OC(C)=O)CO[C@@H]5C[C@H](O)[C@@]4(C)C(=O)[C@H](OC(C)=O)C(=C2C)C3(C)C)[C@@H](NC(=O)c2ccccc2)c2ccccc2)c1. The molecule has 20 nitrogen and oxygen atoms in total. The summed E-state index contributed by atoms with van der Waals surface area (Å²) in [5.41, 5.74) is -7.24. The van der Waals surface area contributed by atoms with E-state index < -0.39 is 134 Å². The number of ether oxygens (including phenoxy) is 6. The zero-order valence-corrected chi connectivity index (χ0v) is 44.2. The van der Waals surface area contributed by atoms with Gasteiger partial charge in [-0.1, -0.05) is 80.6 Å². The summed E-state index contributed by atoms with van der Waals surface area (Å²) in [5, 5.41) is 32.0. The molecule has 2 bridgehead atoms. The lowest BCUT2D eigenvalue weighted by Gasteiger charge is -2.67. The Kier molecular flexibility index (Phi) is 16.1. The summed E-state index contributed by atoms with van der Waals surface area (Å²) in [6.45, 7) is 7.73. The van der Waals surface area contributed by atoms with E-state index in [0.717, 1.165) is 13.8 Å². The van der Waals surface area contributed by atoms with Crippen LogP contribution in [0, 0.1) is 16.7 Å². The van der Waals surface area contributed by atoms with Crippen LogP contribution in [0.25, 0.3) is 0 Å². The first-order valence-electron chi connectivity index (χ1n) is 24.8. The van der Waals surface area contributed by atoms with Gasteiger partial charge in [0.2, 0.25) is 6.10 Å². The Labute approximate surface area is 445 Å². The summed E-state index contributed by atoms with van der Waals surface area (Å²) in [6.07, 6.45) is -11.9. The van der Waals surface area contributed by atoms with Crippen molar-refractivity contribution in [2.75, 3.05) is 19.0 Å². The number of amides is 1. The Morgan fingerprint density at radius 2 is 1.45 bits per heavy atom. The van der Waals surface area contributed by atoms with Crippen LogP contribution in [0.3, 0.4) is 0 Å². The van der Waals surface area contributed by atoms with Gasteiger partial charge in [-0.25, -0.2) is 9.59 Å². The summed E-state index contributed by atoms with van der Waals surface area (Å²) >= 11 is 0. The molecule has 2 saturated carbocycles. The Bertz CT molecular complexity index is 2960. The number of carbonyl (C=O) groups is 7. The average molecular weight is 1080 g/mol. The topological polar surface area (TPSA) is 289 Å². The van der Waals surface area contributed by atoms with E-state index in [1.165, 1.54) is 64.1 Å². The summed E-state index contributed by atoms with van der Waals surface area (Å²) in [4.78, 5) is 120. The quantitative estimate of drug-likeness (QED) is 0.0365. The van der Waals surface area contributed by atoms with Crippen LogP contribution in [0.4, 0.5) is 5.69 Å². The molecule has 0 radical (unpaired) electrons. The van der Waals surface area contributed by atoms with E-state index in [2.05, 4.69) is 10.6 Å². The number of nitrogens with one attached hydrogen (secondary N) is 2. The number of rotatable bonds is 16. The molecule has 77 heavy (non-hydrogen) atoms. The second kappa shape index (κ2) is 22.1. The monoisotopic (exact) mass is 1080 g/mol. The molecule has 0 aromatic heterocycles. The van der Waals surface area contributed by atoms with Crippen LogP contribution < -0.4 is 15.2 Å². The molecule has 11 atom stereocenters. The molecule has 8 rings (SSSR count). The highest BCUT2D eigenvalue weighted by Crippen LogP contribution is 2.64. The molecule has 4 aromatic rings. The van der Waals surface area contributed by atoms with Crippen molar-refractivity contribution >= 4 is 55.8 Å². The number of esters is 5. The number of aliphatic hydroxyl groups excluding tert-OH is 1. The fraction of sp³-hybridized carbons (Fsp3) is 0.411. The molecule has 1 amide bonds. The maximum atomic E-state index is 15.8. The lowest BCUT2D eigenvalue weighted by Crippen LogP contribution is -2.82. The zero-order chi connectivity index (χ0) is 55.8. The number of benzene rings is 4. The smallest absolute Gasteiger partial charge is 0.391 e. The van der Waals surface area contributed by atoms with Crippen LogP contribution in [-0.4, -0.2) is 123 Å². The number of fused-ring (bicyclic) bond motifs is 5. The van der Waals surface area contributed by atoms with E-state index >= 15 is 9.59 Å². The number of anilines is 1. The van der Waals surface area contributed by atoms with Gasteiger partial charge in [0.15, 0.2) is 17.5 Å². The van der Waals surface area contributed by atoms with Crippen LogP contribution in [0.5, 0.6) is 5.75 Å². The van der Waals surface area contributed by atoms with Crippen LogP contribution in [0.15, 0.2) is 120 Å². The van der Waals surface area contributed by atoms with Crippen LogP contribution >= 0.6 is 8.60 Å². The molecular weight excluding hydrogens is 1020 g/mol. The van der Waals surface area contributed by atoms with E-state index in [1.807, 2.05) is 0 Å².